The van der Waals surface area contributed by atoms with Gasteiger partial charge in [-0.05, 0) is 24.3 Å². The summed E-state index contributed by atoms with van der Waals surface area (Å²) in [6.07, 6.45) is 1.51. The van der Waals surface area contributed by atoms with E-state index in [1.807, 2.05) is 45.0 Å². The predicted molar refractivity (Wildman–Crippen MR) is 117 cm³/mol. The van der Waals surface area contributed by atoms with Gasteiger partial charge in [0.05, 0.1) is 16.8 Å². The Balaban J connectivity index is 1.81. The number of nitrogens with zero attached hydrogens (tertiary/aromatic N) is 3. The third kappa shape index (κ3) is 3.01. The molecule has 156 valence electrons. The minimum absolute atomic E-state index is 0.0227. The number of hydrogen-bond acceptors (Lipinski definition) is 4. The van der Waals surface area contributed by atoms with Crippen LogP contribution in [-0.4, -0.2) is 25.0 Å². The number of fused-ring (bicyclic) bond motifs is 1. The fourth-order valence-electron chi connectivity index (χ4n) is 3.91. The summed E-state index contributed by atoms with van der Waals surface area (Å²) in [6, 6.07) is 15.8. The predicted octanol–water partition coefficient (Wildman–Crippen LogP) is 5.82. The monoisotopic (exact) mass is 416 g/mol. The van der Waals surface area contributed by atoms with Gasteiger partial charge in [-0.2, -0.15) is 5.10 Å². The molecule has 6 nitrogen and oxygen atoms in total. The van der Waals surface area contributed by atoms with Crippen LogP contribution in [0.4, 0.5) is 4.39 Å². The fourth-order valence-corrected chi connectivity index (χ4v) is 3.91. The van der Waals surface area contributed by atoms with Crippen molar-refractivity contribution in [2.75, 3.05) is 0 Å². The van der Waals surface area contributed by atoms with E-state index in [1.165, 1.54) is 12.3 Å². The standard InChI is InChI=1S/C24H21FN4O2/c1-24(2,3)22-19-20(26-27-22)23(30)29(21(19)16-6-4-5-7-17(16)25)15-10-8-14(9-11-15)18-12-13-31-28-18/h4-13,26,30H,1-3H3. The zero-order valence-electron chi connectivity index (χ0n) is 17.3. The van der Waals surface area contributed by atoms with Crippen LogP contribution in [0.15, 0.2) is 65.4 Å². The maximum absolute atomic E-state index is 14.9. The molecule has 3 aromatic heterocycles. The molecular weight excluding hydrogens is 395 g/mol. The Morgan fingerprint density at radius 3 is 2.42 bits per heavy atom. The third-order valence-electron chi connectivity index (χ3n) is 5.36. The molecule has 7 heteroatoms. The normalized spacial score (nSPS) is 12.0. The molecule has 0 saturated carbocycles. The minimum Gasteiger partial charge on any atom is -0.493 e. The van der Waals surface area contributed by atoms with Crippen molar-refractivity contribution in [3.63, 3.8) is 0 Å². The van der Waals surface area contributed by atoms with Crippen molar-refractivity contribution in [1.29, 1.82) is 0 Å². The lowest BCUT2D eigenvalue weighted by molar-refractivity contribution is 0.422. The Labute approximate surface area is 177 Å². The molecule has 0 radical (unpaired) electrons. The number of H-pyrrole nitrogens is 1. The zero-order chi connectivity index (χ0) is 21.8. The average Bonchev–Trinajstić information content (AvgIpc) is 3.46. The number of rotatable bonds is 3. The maximum atomic E-state index is 14.9. The van der Waals surface area contributed by atoms with Crippen LogP contribution in [0.5, 0.6) is 5.88 Å². The summed E-state index contributed by atoms with van der Waals surface area (Å²) in [5.41, 5.74) is 4.14. The topological polar surface area (TPSA) is 79.9 Å². The molecule has 31 heavy (non-hydrogen) atoms. The first-order chi connectivity index (χ1) is 14.9. The molecule has 0 atom stereocenters. The smallest absolute Gasteiger partial charge is 0.222 e. The Hall–Kier alpha value is -3.87. The van der Waals surface area contributed by atoms with E-state index >= 15 is 0 Å². The minimum atomic E-state index is -0.372. The highest BCUT2D eigenvalue weighted by Gasteiger charge is 2.30. The molecule has 0 unspecified atom stereocenters. The lowest BCUT2D eigenvalue weighted by Crippen LogP contribution is -2.12. The largest absolute Gasteiger partial charge is 0.493 e. The summed E-state index contributed by atoms with van der Waals surface area (Å²) in [6.45, 7) is 6.11. The Morgan fingerprint density at radius 1 is 1.03 bits per heavy atom. The first-order valence-corrected chi connectivity index (χ1v) is 9.94. The fraction of sp³-hybridized carbons (Fsp3) is 0.167. The molecule has 0 aliphatic rings. The Bertz CT molecular complexity index is 1370. The van der Waals surface area contributed by atoms with Gasteiger partial charge in [0, 0.05) is 28.3 Å². The summed E-state index contributed by atoms with van der Waals surface area (Å²) in [4.78, 5) is 0. The Kier molecular flexibility index (Phi) is 4.22. The van der Waals surface area contributed by atoms with E-state index in [0.29, 0.717) is 33.5 Å². The van der Waals surface area contributed by atoms with E-state index in [2.05, 4.69) is 15.4 Å². The van der Waals surface area contributed by atoms with Crippen LogP contribution in [-0.2, 0) is 5.41 Å². The van der Waals surface area contributed by atoms with Crippen LogP contribution in [0.25, 0.3) is 39.1 Å². The van der Waals surface area contributed by atoms with Crippen molar-refractivity contribution in [1.82, 2.24) is 19.9 Å². The number of halogens is 1. The van der Waals surface area contributed by atoms with Crippen LogP contribution < -0.4 is 0 Å². The molecule has 0 aliphatic carbocycles. The summed E-state index contributed by atoms with van der Waals surface area (Å²) in [5, 5.41) is 23.2. The first kappa shape index (κ1) is 19.1. The number of nitrogens with one attached hydrogen (secondary N) is 1. The third-order valence-corrected chi connectivity index (χ3v) is 5.36. The van der Waals surface area contributed by atoms with E-state index in [4.69, 9.17) is 4.52 Å². The van der Waals surface area contributed by atoms with E-state index in [1.54, 1.807) is 28.8 Å². The van der Waals surface area contributed by atoms with E-state index in [0.717, 1.165) is 11.3 Å². The number of aromatic amines is 1. The van der Waals surface area contributed by atoms with Crippen LogP contribution in [0, 0.1) is 5.82 Å². The number of aromatic hydroxyl groups is 1. The Morgan fingerprint density at radius 2 is 1.77 bits per heavy atom. The molecule has 5 rings (SSSR count). The van der Waals surface area contributed by atoms with Crippen molar-refractivity contribution >= 4 is 10.9 Å². The van der Waals surface area contributed by atoms with Crippen molar-refractivity contribution < 1.29 is 14.0 Å². The highest BCUT2D eigenvalue weighted by atomic mass is 19.1. The lowest BCUT2D eigenvalue weighted by Gasteiger charge is -2.17. The number of hydrogen-bond donors (Lipinski definition) is 2. The van der Waals surface area contributed by atoms with Gasteiger partial charge in [-0.15, -0.1) is 0 Å². The van der Waals surface area contributed by atoms with Gasteiger partial charge in [-0.1, -0.05) is 50.2 Å². The second kappa shape index (κ2) is 6.84. The summed E-state index contributed by atoms with van der Waals surface area (Å²) < 4.78 is 21.5. The molecule has 2 N–H and O–H groups in total. The summed E-state index contributed by atoms with van der Waals surface area (Å²) in [5.74, 6) is -0.395. The SMILES string of the molecule is CC(C)(C)c1n[nH]c2c(O)n(-c3ccc(-c4ccon4)cc3)c(-c3ccccc3F)c12. The van der Waals surface area contributed by atoms with Crippen LogP contribution in [0.3, 0.4) is 0 Å². The quantitative estimate of drug-likeness (QED) is 0.388. The summed E-state index contributed by atoms with van der Waals surface area (Å²) in [7, 11) is 0. The first-order valence-electron chi connectivity index (χ1n) is 9.94. The molecule has 0 amide bonds. The second-order valence-electron chi connectivity index (χ2n) is 8.49. The summed E-state index contributed by atoms with van der Waals surface area (Å²) >= 11 is 0. The van der Waals surface area contributed by atoms with Gasteiger partial charge in [-0.25, -0.2) is 4.39 Å². The van der Waals surface area contributed by atoms with Crippen molar-refractivity contribution in [2.24, 2.45) is 0 Å². The van der Waals surface area contributed by atoms with Gasteiger partial charge < -0.3 is 9.63 Å². The van der Waals surface area contributed by atoms with Gasteiger partial charge in [0.25, 0.3) is 0 Å². The van der Waals surface area contributed by atoms with Crippen LogP contribution in [0.1, 0.15) is 26.5 Å². The van der Waals surface area contributed by atoms with Gasteiger partial charge >= 0.3 is 0 Å². The molecule has 3 heterocycles. The van der Waals surface area contributed by atoms with Crippen molar-refractivity contribution in [3.05, 3.63) is 72.4 Å². The van der Waals surface area contributed by atoms with Crippen LogP contribution in [0.2, 0.25) is 0 Å². The maximum Gasteiger partial charge on any atom is 0.222 e. The molecule has 2 aromatic carbocycles. The molecular formula is C24H21FN4O2. The number of aromatic nitrogens is 4. The second-order valence-corrected chi connectivity index (χ2v) is 8.49. The molecule has 0 spiro atoms. The molecule has 0 aliphatic heterocycles. The molecule has 5 aromatic rings. The lowest BCUT2D eigenvalue weighted by atomic mass is 9.89. The molecule has 0 fully saturated rings. The highest BCUT2D eigenvalue weighted by Crippen LogP contribution is 2.44. The van der Waals surface area contributed by atoms with Crippen molar-refractivity contribution in [2.45, 2.75) is 26.2 Å². The molecule has 0 bridgehead atoms. The van der Waals surface area contributed by atoms with E-state index in [-0.39, 0.29) is 17.1 Å². The van der Waals surface area contributed by atoms with E-state index < -0.39 is 0 Å². The highest BCUT2D eigenvalue weighted by molar-refractivity contribution is 6.01. The van der Waals surface area contributed by atoms with E-state index in [9.17, 15) is 9.50 Å². The van der Waals surface area contributed by atoms with Gasteiger partial charge in [-0.3, -0.25) is 9.67 Å². The average molecular weight is 416 g/mol. The van der Waals surface area contributed by atoms with Gasteiger partial charge in [0.2, 0.25) is 5.88 Å². The number of benzene rings is 2. The van der Waals surface area contributed by atoms with Gasteiger partial charge in [0.15, 0.2) is 0 Å². The zero-order valence-corrected chi connectivity index (χ0v) is 17.3. The molecule has 0 saturated heterocycles. The van der Waals surface area contributed by atoms with Gasteiger partial charge in [0.1, 0.15) is 23.3 Å². The van der Waals surface area contributed by atoms with Crippen LogP contribution >= 0.6 is 0 Å². The van der Waals surface area contributed by atoms with Crippen molar-refractivity contribution in [3.8, 4) is 34.1 Å².